The van der Waals surface area contributed by atoms with E-state index in [1.165, 1.54) is 0 Å². The van der Waals surface area contributed by atoms with E-state index in [2.05, 4.69) is 33.9 Å². The largest absolute Gasteiger partial charge is 0.453 e. The molecule has 29 heavy (non-hydrogen) atoms. The van der Waals surface area contributed by atoms with Crippen molar-refractivity contribution in [1.29, 1.82) is 0 Å². The van der Waals surface area contributed by atoms with Gasteiger partial charge in [-0.2, -0.15) is 0 Å². The molecule has 5 rings (SSSR count). The SMILES string of the molecule is OC1C(NSc2ccccc2)CCCC1N1c2ccccc2Oc2ccccc21. The zero-order chi connectivity index (χ0) is 19.6. The van der Waals surface area contributed by atoms with E-state index >= 15 is 0 Å². The predicted molar refractivity (Wildman–Crippen MR) is 118 cm³/mol. The van der Waals surface area contributed by atoms with Gasteiger partial charge in [0.05, 0.1) is 23.5 Å². The normalized spacial score (nSPS) is 23.1. The number of hydrogen-bond acceptors (Lipinski definition) is 5. The minimum absolute atomic E-state index is 0.0103. The monoisotopic (exact) mass is 404 g/mol. The van der Waals surface area contributed by atoms with Crippen molar-refractivity contribution in [1.82, 2.24) is 4.72 Å². The highest BCUT2D eigenvalue weighted by molar-refractivity contribution is 7.97. The van der Waals surface area contributed by atoms with Crippen molar-refractivity contribution in [3.63, 3.8) is 0 Å². The van der Waals surface area contributed by atoms with Gasteiger partial charge in [0.15, 0.2) is 11.5 Å². The lowest BCUT2D eigenvalue weighted by Gasteiger charge is -2.44. The van der Waals surface area contributed by atoms with Gasteiger partial charge in [-0.3, -0.25) is 4.72 Å². The number of nitrogens with one attached hydrogen (secondary N) is 1. The number of rotatable bonds is 4. The van der Waals surface area contributed by atoms with Gasteiger partial charge < -0.3 is 14.7 Å². The van der Waals surface area contributed by atoms with Crippen LogP contribution >= 0.6 is 11.9 Å². The molecule has 4 nitrogen and oxygen atoms in total. The summed E-state index contributed by atoms with van der Waals surface area (Å²) in [6.07, 6.45) is 2.48. The third kappa shape index (κ3) is 3.62. The molecule has 1 saturated carbocycles. The maximum atomic E-state index is 11.4. The first-order valence-electron chi connectivity index (χ1n) is 10.1. The lowest BCUT2D eigenvalue weighted by atomic mass is 9.86. The van der Waals surface area contributed by atoms with Crippen molar-refractivity contribution >= 4 is 23.3 Å². The highest BCUT2D eigenvalue weighted by atomic mass is 32.2. The lowest BCUT2D eigenvalue weighted by molar-refractivity contribution is 0.0819. The summed E-state index contributed by atoms with van der Waals surface area (Å²) in [5, 5.41) is 11.4. The number of ether oxygens (including phenoxy) is 1. The molecule has 0 saturated heterocycles. The lowest BCUT2D eigenvalue weighted by Crippen LogP contribution is -2.53. The number of aliphatic hydroxyl groups is 1. The fraction of sp³-hybridized carbons (Fsp3) is 0.250. The Labute approximate surface area is 175 Å². The first-order valence-corrected chi connectivity index (χ1v) is 10.9. The molecule has 0 bridgehead atoms. The molecule has 0 spiro atoms. The third-order valence-corrected chi connectivity index (χ3v) is 6.62. The van der Waals surface area contributed by atoms with Crippen LogP contribution in [-0.4, -0.2) is 23.3 Å². The van der Waals surface area contributed by atoms with Gasteiger partial charge in [0.1, 0.15) is 0 Å². The Balaban J connectivity index is 1.43. The first-order chi connectivity index (χ1) is 14.3. The Morgan fingerprint density at radius 2 is 1.45 bits per heavy atom. The summed E-state index contributed by atoms with van der Waals surface area (Å²) in [6.45, 7) is 0. The number of benzene rings is 3. The van der Waals surface area contributed by atoms with E-state index in [1.54, 1.807) is 11.9 Å². The molecule has 2 N–H and O–H groups in total. The molecule has 1 fully saturated rings. The Bertz CT molecular complexity index is 936. The second-order valence-corrected chi connectivity index (χ2v) is 8.45. The molecule has 3 aromatic rings. The summed E-state index contributed by atoms with van der Waals surface area (Å²) in [6, 6.07) is 26.4. The van der Waals surface area contributed by atoms with E-state index < -0.39 is 6.10 Å². The number of aliphatic hydroxyl groups excluding tert-OH is 1. The molecule has 0 radical (unpaired) electrons. The minimum Gasteiger partial charge on any atom is -0.453 e. The predicted octanol–water partition coefficient (Wildman–Crippen LogP) is 5.51. The van der Waals surface area contributed by atoms with Gasteiger partial charge >= 0.3 is 0 Å². The molecule has 1 heterocycles. The van der Waals surface area contributed by atoms with Crippen LogP contribution in [0.3, 0.4) is 0 Å². The Morgan fingerprint density at radius 3 is 2.14 bits per heavy atom. The Kier molecular flexibility index (Phi) is 5.19. The van der Waals surface area contributed by atoms with Crippen LogP contribution in [0.15, 0.2) is 83.8 Å². The highest BCUT2D eigenvalue weighted by Crippen LogP contribution is 2.49. The summed E-state index contributed by atoms with van der Waals surface area (Å²) in [5.74, 6) is 1.68. The zero-order valence-electron chi connectivity index (χ0n) is 16.1. The van der Waals surface area contributed by atoms with Gasteiger partial charge in [0.2, 0.25) is 0 Å². The molecular formula is C24H24N2O2S. The highest BCUT2D eigenvalue weighted by Gasteiger charge is 2.39. The van der Waals surface area contributed by atoms with E-state index in [0.29, 0.717) is 0 Å². The van der Waals surface area contributed by atoms with Crippen molar-refractivity contribution in [3.05, 3.63) is 78.9 Å². The molecule has 3 atom stereocenters. The standard InChI is InChI=1S/C24H24N2O2S/c27-24-18(25-29-17-9-2-1-3-10-17)11-8-14-21(24)26-19-12-4-6-15-22(19)28-23-16-7-5-13-20(23)26/h1-7,9-10,12-13,15-16,18,21,24-25,27H,8,11,14H2. The molecule has 1 aliphatic carbocycles. The number of nitrogens with zero attached hydrogens (tertiary/aromatic N) is 1. The van der Waals surface area contributed by atoms with Gasteiger partial charge in [-0.25, -0.2) is 0 Å². The van der Waals surface area contributed by atoms with E-state index in [4.69, 9.17) is 4.74 Å². The summed E-state index contributed by atoms with van der Waals surface area (Å²) >= 11 is 1.60. The van der Waals surface area contributed by atoms with E-state index in [-0.39, 0.29) is 12.1 Å². The average molecular weight is 405 g/mol. The summed E-state index contributed by atoms with van der Waals surface area (Å²) < 4.78 is 9.64. The topological polar surface area (TPSA) is 44.7 Å². The van der Waals surface area contributed by atoms with Gasteiger partial charge in [-0.05, 0) is 67.6 Å². The van der Waals surface area contributed by atoms with Crippen LogP contribution in [0, 0.1) is 0 Å². The molecule has 5 heteroatoms. The van der Waals surface area contributed by atoms with Gasteiger partial charge in [0, 0.05) is 10.9 Å². The van der Waals surface area contributed by atoms with Crippen LogP contribution in [0.25, 0.3) is 0 Å². The molecule has 3 aromatic carbocycles. The van der Waals surface area contributed by atoms with Crippen molar-refractivity contribution in [2.24, 2.45) is 0 Å². The Morgan fingerprint density at radius 1 is 0.828 bits per heavy atom. The second-order valence-electron chi connectivity index (χ2n) is 7.54. The number of hydrogen-bond donors (Lipinski definition) is 2. The average Bonchev–Trinajstić information content (AvgIpc) is 2.78. The molecule has 0 aromatic heterocycles. The van der Waals surface area contributed by atoms with Crippen LogP contribution in [-0.2, 0) is 0 Å². The molecule has 2 aliphatic rings. The van der Waals surface area contributed by atoms with Gasteiger partial charge in [-0.1, -0.05) is 42.5 Å². The van der Waals surface area contributed by atoms with E-state index in [1.807, 2.05) is 54.6 Å². The fourth-order valence-electron chi connectivity index (χ4n) is 4.29. The summed E-state index contributed by atoms with van der Waals surface area (Å²) in [7, 11) is 0. The van der Waals surface area contributed by atoms with Gasteiger partial charge in [0.25, 0.3) is 0 Å². The number of para-hydroxylation sites is 4. The van der Waals surface area contributed by atoms with Crippen LogP contribution in [0.1, 0.15) is 19.3 Å². The molecule has 3 unspecified atom stereocenters. The van der Waals surface area contributed by atoms with Crippen molar-refractivity contribution < 1.29 is 9.84 Å². The van der Waals surface area contributed by atoms with Crippen LogP contribution in [0.4, 0.5) is 11.4 Å². The summed E-state index contributed by atoms with van der Waals surface area (Å²) in [5.41, 5.74) is 2.04. The van der Waals surface area contributed by atoms with E-state index in [0.717, 1.165) is 47.0 Å². The van der Waals surface area contributed by atoms with Crippen molar-refractivity contribution in [2.45, 2.75) is 42.3 Å². The van der Waals surface area contributed by atoms with Crippen LogP contribution in [0.5, 0.6) is 11.5 Å². The Hall–Kier alpha value is -2.47. The molecule has 148 valence electrons. The minimum atomic E-state index is -0.487. The quantitative estimate of drug-likeness (QED) is 0.562. The molecule has 1 aliphatic heterocycles. The van der Waals surface area contributed by atoms with Crippen molar-refractivity contribution in [3.8, 4) is 11.5 Å². The first kappa shape index (κ1) is 18.6. The fourth-order valence-corrected chi connectivity index (χ4v) is 5.13. The number of fused-ring (bicyclic) bond motifs is 2. The third-order valence-electron chi connectivity index (χ3n) is 5.69. The van der Waals surface area contributed by atoms with Crippen LogP contribution in [0.2, 0.25) is 0 Å². The van der Waals surface area contributed by atoms with Crippen LogP contribution < -0.4 is 14.4 Å². The van der Waals surface area contributed by atoms with Crippen molar-refractivity contribution in [2.75, 3.05) is 4.90 Å². The zero-order valence-corrected chi connectivity index (χ0v) is 16.9. The molecular weight excluding hydrogens is 380 g/mol. The second kappa shape index (κ2) is 8.11. The maximum absolute atomic E-state index is 11.4. The maximum Gasteiger partial charge on any atom is 0.151 e. The van der Waals surface area contributed by atoms with E-state index in [9.17, 15) is 5.11 Å². The van der Waals surface area contributed by atoms with Gasteiger partial charge in [-0.15, -0.1) is 0 Å². The summed E-state index contributed by atoms with van der Waals surface area (Å²) in [4.78, 5) is 3.43. The smallest absolute Gasteiger partial charge is 0.151 e. The number of anilines is 2. The molecule has 0 amide bonds.